The molecule has 0 saturated carbocycles. The van der Waals surface area contributed by atoms with Crippen molar-refractivity contribution in [1.29, 1.82) is 0 Å². The summed E-state index contributed by atoms with van der Waals surface area (Å²) in [6.45, 7) is 8.94. The van der Waals surface area contributed by atoms with E-state index in [9.17, 15) is 9.59 Å². The van der Waals surface area contributed by atoms with Gasteiger partial charge in [-0.25, -0.2) is 9.97 Å². The second kappa shape index (κ2) is 8.19. The Morgan fingerprint density at radius 2 is 2.03 bits per heavy atom. The lowest BCUT2D eigenvalue weighted by atomic mass is 9.91. The number of anilines is 2. The predicted molar refractivity (Wildman–Crippen MR) is 122 cm³/mol. The number of aromatic nitrogens is 3. The van der Waals surface area contributed by atoms with Gasteiger partial charge >= 0.3 is 0 Å². The van der Waals surface area contributed by atoms with Gasteiger partial charge in [-0.15, -0.1) is 11.3 Å². The first-order chi connectivity index (χ1) is 14.7. The first-order valence-electron chi connectivity index (χ1n) is 10.2. The summed E-state index contributed by atoms with van der Waals surface area (Å²) < 4.78 is 0. The fourth-order valence-electron chi connectivity index (χ4n) is 3.65. The van der Waals surface area contributed by atoms with Gasteiger partial charge in [0.25, 0.3) is 5.91 Å². The lowest BCUT2D eigenvalue weighted by molar-refractivity contribution is -0.120. The molecule has 0 fully saturated rings. The number of hydrogen-bond donors (Lipinski definition) is 1. The first kappa shape index (κ1) is 21.1. The highest BCUT2D eigenvalue weighted by Gasteiger charge is 2.28. The number of amides is 2. The molecule has 160 valence electrons. The van der Waals surface area contributed by atoms with E-state index in [2.05, 4.69) is 47.1 Å². The molecule has 4 rings (SSSR count). The van der Waals surface area contributed by atoms with Crippen LogP contribution in [0, 0.1) is 12.3 Å². The van der Waals surface area contributed by atoms with Gasteiger partial charge in [-0.05, 0) is 36.5 Å². The van der Waals surface area contributed by atoms with Crippen LogP contribution in [0.25, 0.3) is 11.3 Å². The Hall–Kier alpha value is -3.13. The lowest BCUT2D eigenvalue weighted by Crippen LogP contribution is -2.31. The van der Waals surface area contributed by atoms with Gasteiger partial charge in [-0.1, -0.05) is 26.8 Å². The minimum Gasteiger partial charge on any atom is -0.312 e. The van der Waals surface area contributed by atoms with E-state index in [1.807, 2.05) is 24.0 Å². The molecule has 0 aliphatic carbocycles. The highest BCUT2D eigenvalue weighted by molar-refractivity contribution is 7.16. The third-order valence-corrected chi connectivity index (χ3v) is 5.93. The fraction of sp³-hybridized carbons (Fsp3) is 0.348. The summed E-state index contributed by atoms with van der Waals surface area (Å²) in [7, 11) is 0. The van der Waals surface area contributed by atoms with Crippen LogP contribution in [0.1, 0.15) is 48.1 Å². The van der Waals surface area contributed by atoms with Crippen LogP contribution in [0.4, 0.5) is 10.8 Å². The smallest absolute Gasteiger partial charge is 0.277 e. The molecule has 0 radical (unpaired) electrons. The molecule has 1 aliphatic rings. The van der Waals surface area contributed by atoms with Crippen molar-refractivity contribution in [2.45, 2.75) is 40.5 Å². The molecule has 1 aliphatic heterocycles. The molecule has 0 bridgehead atoms. The number of rotatable bonds is 4. The standard InChI is InChI=1S/C23H25N5O2S/c1-14-20(26-22(31-14)27-21(30)17-13-24-8-9-25-17)16-5-6-18-15(11-16)7-10-28(18)19(29)12-23(2,3)4/h5-6,8-9,11,13H,7,10,12H2,1-4H3,(H,26,27,30). The molecule has 1 aromatic carbocycles. The molecule has 3 aromatic rings. The van der Waals surface area contributed by atoms with E-state index in [0.717, 1.165) is 33.8 Å². The molecule has 1 N–H and O–H groups in total. The molecule has 2 amide bonds. The van der Waals surface area contributed by atoms with Crippen LogP contribution < -0.4 is 10.2 Å². The monoisotopic (exact) mass is 435 g/mol. The van der Waals surface area contributed by atoms with E-state index in [-0.39, 0.29) is 22.9 Å². The van der Waals surface area contributed by atoms with Crippen LogP contribution >= 0.6 is 11.3 Å². The molecule has 2 aromatic heterocycles. The van der Waals surface area contributed by atoms with Gasteiger partial charge < -0.3 is 4.90 Å². The molecular weight excluding hydrogens is 410 g/mol. The van der Waals surface area contributed by atoms with Crippen LogP contribution in [0.2, 0.25) is 0 Å². The topological polar surface area (TPSA) is 88.1 Å². The van der Waals surface area contributed by atoms with E-state index in [1.165, 1.54) is 29.9 Å². The normalized spacial score (nSPS) is 13.2. The van der Waals surface area contributed by atoms with E-state index in [1.54, 1.807) is 0 Å². The van der Waals surface area contributed by atoms with Crippen molar-refractivity contribution in [2.75, 3.05) is 16.8 Å². The Bertz CT molecular complexity index is 1130. The van der Waals surface area contributed by atoms with E-state index in [0.29, 0.717) is 18.1 Å². The highest BCUT2D eigenvalue weighted by atomic mass is 32.1. The summed E-state index contributed by atoms with van der Waals surface area (Å²) in [5, 5.41) is 3.32. The minimum atomic E-state index is -0.338. The zero-order valence-electron chi connectivity index (χ0n) is 18.1. The summed E-state index contributed by atoms with van der Waals surface area (Å²) in [6, 6.07) is 6.11. The maximum Gasteiger partial charge on any atom is 0.277 e. The number of benzene rings is 1. The van der Waals surface area contributed by atoms with Gasteiger partial charge in [-0.2, -0.15) is 0 Å². The first-order valence-corrected chi connectivity index (χ1v) is 11.0. The molecule has 31 heavy (non-hydrogen) atoms. The molecule has 7 nitrogen and oxygen atoms in total. The Labute approximate surface area is 185 Å². The van der Waals surface area contributed by atoms with E-state index >= 15 is 0 Å². The van der Waals surface area contributed by atoms with Crippen LogP contribution in [-0.4, -0.2) is 33.3 Å². The van der Waals surface area contributed by atoms with Gasteiger partial charge in [0, 0.05) is 41.5 Å². The highest BCUT2D eigenvalue weighted by Crippen LogP contribution is 2.36. The summed E-state index contributed by atoms with van der Waals surface area (Å²) in [4.78, 5) is 40.5. The maximum absolute atomic E-state index is 12.7. The van der Waals surface area contributed by atoms with Gasteiger partial charge in [0.05, 0.1) is 11.9 Å². The number of nitrogens with zero attached hydrogens (tertiary/aromatic N) is 4. The molecule has 0 unspecified atom stereocenters. The minimum absolute atomic E-state index is 0.0380. The molecular formula is C23H25N5O2S. The van der Waals surface area contributed by atoms with Gasteiger partial charge in [0.2, 0.25) is 5.91 Å². The SMILES string of the molecule is Cc1sc(NC(=O)c2cnccn2)nc1-c1ccc2c(c1)CCN2C(=O)CC(C)(C)C. The summed E-state index contributed by atoms with van der Waals surface area (Å²) in [5.41, 5.74) is 4.16. The van der Waals surface area contributed by atoms with Crippen molar-refractivity contribution < 1.29 is 9.59 Å². The maximum atomic E-state index is 12.7. The quantitative estimate of drug-likeness (QED) is 0.652. The number of hydrogen-bond acceptors (Lipinski definition) is 6. The second-order valence-electron chi connectivity index (χ2n) is 8.84. The molecule has 0 saturated heterocycles. The number of carbonyl (C=O) groups is 2. The third kappa shape index (κ3) is 4.64. The number of thiazole rings is 1. The molecule has 3 heterocycles. The number of fused-ring (bicyclic) bond motifs is 1. The van der Waals surface area contributed by atoms with Crippen LogP contribution in [0.5, 0.6) is 0 Å². The summed E-state index contributed by atoms with van der Waals surface area (Å²) >= 11 is 1.42. The molecule has 0 spiro atoms. The van der Waals surface area contributed by atoms with Crippen molar-refractivity contribution in [3.05, 3.63) is 52.9 Å². The average Bonchev–Trinajstić information content (AvgIpc) is 3.30. The van der Waals surface area contributed by atoms with Crippen molar-refractivity contribution >= 4 is 34.0 Å². The van der Waals surface area contributed by atoms with Crippen LogP contribution in [0.15, 0.2) is 36.8 Å². The predicted octanol–water partition coefficient (Wildman–Crippen LogP) is 4.49. The Balaban J connectivity index is 1.54. The third-order valence-electron chi connectivity index (χ3n) is 5.04. The van der Waals surface area contributed by atoms with Crippen LogP contribution in [0.3, 0.4) is 0 Å². The molecule has 8 heteroatoms. The van der Waals surface area contributed by atoms with Gasteiger partial charge in [0.15, 0.2) is 5.13 Å². The number of nitrogens with one attached hydrogen (secondary N) is 1. The summed E-state index contributed by atoms with van der Waals surface area (Å²) in [5.74, 6) is -0.173. The van der Waals surface area contributed by atoms with E-state index < -0.39 is 0 Å². The number of aryl methyl sites for hydroxylation is 1. The lowest BCUT2D eigenvalue weighted by Gasteiger charge is -2.23. The zero-order chi connectivity index (χ0) is 22.2. The van der Waals surface area contributed by atoms with E-state index in [4.69, 9.17) is 0 Å². The van der Waals surface area contributed by atoms with Crippen LogP contribution in [-0.2, 0) is 11.2 Å². The van der Waals surface area contributed by atoms with Crippen molar-refractivity contribution in [2.24, 2.45) is 5.41 Å². The fourth-order valence-corrected chi connectivity index (χ4v) is 4.48. The Morgan fingerprint density at radius 3 is 2.74 bits per heavy atom. The van der Waals surface area contributed by atoms with Crippen molar-refractivity contribution in [1.82, 2.24) is 15.0 Å². The number of carbonyl (C=O) groups excluding carboxylic acids is 2. The van der Waals surface area contributed by atoms with Crippen molar-refractivity contribution in [3.8, 4) is 11.3 Å². The average molecular weight is 436 g/mol. The second-order valence-corrected chi connectivity index (χ2v) is 10.0. The Kier molecular flexibility index (Phi) is 5.58. The summed E-state index contributed by atoms with van der Waals surface area (Å²) in [6.07, 6.45) is 5.78. The molecule has 0 atom stereocenters. The zero-order valence-corrected chi connectivity index (χ0v) is 18.9. The van der Waals surface area contributed by atoms with Crippen molar-refractivity contribution in [3.63, 3.8) is 0 Å². The largest absolute Gasteiger partial charge is 0.312 e. The van der Waals surface area contributed by atoms with Gasteiger partial charge in [-0.3, -0.25) is 19.9 Å². The Morgan fingerprint density at radius 1 is 1.23 bits per heavy atom. The van der Waals surface area contributed by atoms with Gasteiger partial charge in [0.1, 0.15) is 5.69 Å².